The third-order valence-electron chi connectivity index (χ3n) is 6.75. The van der Waals surface area contributed by atoms with Gasteiger partial charge in [-0.1, -0.05) is 36.4 Å². The molecule has 8 nitrogen and oxygen atoms in total. The number of nitrogens with zero attached hydrogens (tertiary/aromatic N) is 5. The number of hydrogen-bond donors (Lipinski definition) is 1. The third-order valence-corrected chi connectivity index (χ3v) is 6.75. The first-order valence-corrected chi connectivity index (χ1v) is 11.5. The molecule has 0 fully saturated rings. The van der Waals surface area contributed by atoms with E-state index in [1.165, 1.54) is 4.90 Å². The van der Waals surface area contributed by atoms with Crippen molar-refractivity contribution in [2.75, 3.05) is 10.6 Å². The molecule has 37 heavy (non-hydrogen) atoms. The molecule has 7 rings (SSSR count). The quantitative estimate of drug-likeness (QED) is 0.349. The summed E-state index contributed by atoms with van der Waals surface area (Å²) in [5, 5.41) is 11.3. The molecular weight excluding hydrogens is 464 g/mol. The lowest BCUT2D eigenvalue weighted by molar-refractivity contribution is 0.0893. The number of fused-ring (bicyclic) bond motifs is 2. The summed E-state index contributed by atoms with van der Waals surface area (Å²) in [6.45, 7) is 0. The van der Waals surface area contributed by atoms with E-state index in [1.807, 2.05) is 48.5 Å². The summed E-state index contributed by atoms with van der Waals surface area (Å²) >= 11 is 0. The second-order valence-electron chi connectivity index (χ2n) is 8.76. The van der Waals surface area contributed by atoms with E-state index in [9.17, 15) is 14.9 Å². The van der Waals surface area contributed by atoms with E-state index in [0.29, 0.717) is 50.1 Å². The Morgan fingerprint density at radius 3 is 1.95 bits per heavy atom. The normalized spacial score (nSPS) is 13.0. The molecule has 0 saturated heterocycles. The van der Waals surface area contributed by atoms with Crippen molar-refractivity contribution in [2.45, 2.75) is 0 Å². The molecule has 0 saturated carbocycles. The fourth-order valence-electron chi connectivity index (χ4n) is 5.05. The first kappa shape index (κ1) is 20.8. The van der Waals surface area contributed by atoms with Crippen molar-refractivity contribution >= 4 is 56.3 Å². The number of carbonyl (C=O) groups excluding carboxylic acids is 2. The van der Waals surface area contributed by atoms with E-state index in [1.54, 1.807) is 41.0 Å². The fourth-order valence-corrected chi connectivity index (χ4v) is 5.05. The Hall–Kier alpha value is -5.55. The zero-order valence-corrected chi connectivity index (χ0v) is 19.2. The van der Waals surface area contributed by atoms with Crippen LogP contribution in [0.5, 0.6) is 0 Å². The number of hydrogen-bond acceptors (Lipinski definition) is 6. The van der Waals surface area contributed by atoms with Crippen molar-refractivity contribution < 1.29 is 9.59 Å². The lowest BCUT2D eigenvalue weighted by atomic mass is 9.94. The molecule has 8 heteroatoms. The van der Waals surface area contributed by atoms with Gasteiger partial charge in [-0.25, -0.2) is 14.9 Å². The minimum absolute atomic E-state index is 0.214. The van der Waals surface area contributed by atoms with Crippen LogP contribution in [0, 0.1) is 11.3 Å². The summed E-state index contributed by atoms with van der Waals surface area (Å²) in [6, 6.07) is 27.3. The van der Waals surface area contributed by atoms with Gasteiger partial charge in [-0.05, 0) is 53.9 Å². The zero-order valence-electron chi connectivity index (χ0n) is 19.2. The van der Waals surface area contributed by atoms with Crippen molar-refractivity contribution in [3.8, 4) is 11.8 Å². The average molecular weight is 480 g/mol. The molecule has 2 amide bonds. The maximum atomic E-state index is 13.4. The zero-order chi connectivity index (χ0) is 25.3. The molecule has 4 aromatic carbocycles. The van der Waals surface area contributed by atoms with Crippen molar-refractivity contribution in [3.63, 3.8) is 0 Å². The number of rotatable bonds is 2. The molecule has 174 valence electrons. The van der Waals surface area contributed by atoms with Gasteiger partial charge in [-0.2, -0.15) is 5.26 Å². The second-order valence-corrected chi connectivity index (χ2v) is 8.76. The molecule has 0 spiro atoms. The summed E-state index contributed by atoms with van der Waals surface area (Å²) in [7, 11) is 0. The van der Waals surface area contributed by atoms with Crippen LogP contribution in [0.15, 0.2) is 84.9 Å². The molecule has 2 N–H and O–H groups in total. The number of anilines is 2. The first-order valence-electron chi connectivity index (χ1n) is 11.5. The lowest BCUT2D eigenvalue weighted by Gasteiger charge is -2.27. The fraction of sp³-hybridized carbons (Fsp3) is 0. The predicted octanol–water partition coefficient (Wildman–Crippen LogP) is 4.98. The highest BCUT2D eigenvalue weighted by Gasteiger charge is 2.33. The van der Waals surface area contributed by atoms with Gasteiger partial charge in [0, 0.05) is 22.2 Å². The van der Waals surface area contributed by atoms with Crippen LogP contribution in [0.4, 0.5) is 11.5 Å². The molecule has 0 aliphatic carbocycles. The Morgan fingerprint density at radius 2 is 1.32 bits per heavy atom. The SMILES string of the molecule is N#Cc1c(N)n(-c2ccc(N3C(=O)c4cccc5cccc(c45)C3=O)cc2)c2nc3ccccc3nc12. The minimum Gasteiger partial charge on any atom is -0.384 e. The molecule has 0 radical (unpaired) electrons. The summed E-state index contributed by atoms with van der Waals surface area (Å²) in [5.41, 5.74) is 10.8. The monoisotopic (exact) mass is 480 g/mol. The summed E-state index contributed by atoms with van der Waals surface area (Å²) in [6.07, 6.45) is 0. The van der Waals surface area contributed by atoms with Crippen molar-refractivity contribution in [3.05, 3.63) is 102 Å². The Balaban J connectivity index is 1.36. The van der Waals surface area contributed by atoms with E-state index in [4.69, 9.17) is 10.7 Å². The average Bonchev–Trinajstić information content (AvgIpc) is 3.20. The number of nitriles is 1. The van der Waals surface area contributed by atoms with Crippen LogP contribution in [0.2, 0.25) is 0 Å². The number of aromatic nitrogens is 3. The van der Waals surface area contributed by atoms with Crippen molar-refractivity contribution in [2.24, 2.45) is 0 Å². The number of carbonyl (C=O) groups is 2. The Kier molecular flexibility index (Phi) is 4.20. The van der Waals surface area contributed by atoms with Gasteiger partial charge in [-0.3, -0.25) is 14.2 Å². The summed E-state index contributed by atoms with van der Waals surface area (Å²) in [4.78, 5) is 37.3. The molecular formula is C29H16N6O2. The standard InChI is InChI=1S/C29H16N6O2/c30-15-21-25-27(33-23-10-2-1-9-22(23)32-25)34(26(21)31)17-11-13-18(14-12-17)35-28(36)19-7-3-5-16-6-4-8-20(24(16)19)29(35)37/h1-14H,31H2. The largest absolute Gasteiger partial charge is 0.384 e. The predicted molar refractivity (Wildman–Crippen MR) is 141 cm³/mol. The van der Waals surface area contributed by atoms with Crippen LogP contribution in [0.3, 0.4) is 0 Å². The Bertz CT molecular complexity index is 1950. The van der Waals surface area contributed by atoms with Gasteiger partial charge in [-0.15, -0.1) is 0 Å². The van der Waals surface area contributed by atoms with Gasteiger partial charge in [0.2, 0.25) is 0 Å². The Labute approximate surface area is 209 Å². The molecule has 0 atom stereocenters. The van der Waals surface area contributed by atoms with E-state index < -0.39 is 0 Å². The molecule has 2 aromatic heterocycles. The summed E-state index contributed by atoms with van der Waals surface area (Å²) < 4.78 is 1.66. The van der Waals surface area contributed by atoms with Gasteiger partial charge in [0.05, 0.1) is 16.7 Å². The highest BCUT2D eigenvalue weighted by molar-refractivity contribution is 6.35. The van der Waals surface area contributed by atoms with E-state index in [-0.39, 0.29) is 23.2 Å². The smallest absolute Gasteiger partial charge is 0.265 e. The minimum atomic E-state index is -0.378. The highest BCUT2D eigenvalue weighted by Crippen LogP contribution is 2.34. The molecule has 1 aliphatic rings. The third kappa shape index (κ3) is 2.82. The van der Waals surface area contributed by atoms with Crippen LogP contribution < -0.4 is 10.6 Å². The van der Waals surface area contributed by atoms with Gasteiger partial charge in [0.15, 0.2) is 5.65 Å². The number of nitrogen functional groups attached to an aromatic ring is 1. The molecule has 3 heterocycles. The molecule has 0 bridgehead atoms. The van der Waals surface area contributed by atoms with Crippen LogP contribution in [0.1, 0.15) is 26.3 Å². The topological polar surface area (TPSA) is 118 Å². The number of amides is 2. The lowest BCUT2D eigenvalue weighted by Crippen LogP contribution is -2.40. The van der Waals surface area contributed by atoms with Crippen LogP contribution in [-0.2, 0) is 0 Å². The van der Waals surface area contributed by atoms with Gasteiger partial charge < -0.3 is 5.73 Å². The first-order chi connectivity index (χ1) is 18.1. The highest BCUT2D eigenvalue weighted by atomic mass is 16.2. The molecule has 1 aliphatic heterocycles. The number of nitrogens with two attached hydrogens (primary N) is 1. The number of benzene rings is 4. The second kappa shape index (κ2) is 7.47. The van der Waals surface area contributed by atoms with Gasteiger partial charge in [0.25, 0.3) is 11.8 Å². The van der Waals surface area contributed by atoms with E-state index >= 15 is 0 Å². The maximum Gasteiger partial charge on any atom is 0.265 e. The Morgan fingerprint density at radius 1 is 0.730 bits per heavy atom. The van der Waals surface area contributed by atoms with E-state index in [2.05, 4.69) is 11.1 Å². The van der Waals surface area contributed by atoms with Gasteiger partial charge in [0.1, 0.15) is 23.0 Å². The van der Waals surface area contributed by atoms with E-state index in [0.717, 1.165) is 5.39 Å². The number of imide groups is 1. The van der Waals surface area contributed by atoms with Crippen LogP contribution >= 0.6 is 0 Å². The van der Waals surface area contributed by atoms with Crippen LogP contribution in [-0.4, -0.2) is 26.3 Å². The van der Waals surface area contributed by atoms with Crippen LogP contribution in [0.25, 0.3) is 38.7 Å². The molecule has 6 aromatic rings. The number of para-hydroxylation sites is 2. The van der Waals surface area contributed by atoms with Crippen molar-refractivity contribution in [1.82, 2.24) is 14.5 Å². The summed E-state index contributed by atoms with van der Waals surface area (Å²) in [5.74, 6) is -0.541. The molecule has 0 unspecified atom stereocenters. The van der Waals surface area contributed by atoms with Crippen molar-refractivity contribution in [1.29, 1.82) is 5.26 Å². The van der Waals surface area contributed by atoms with Gasteiger partial charge >= 0.3 is 0 Å². The maximum absolute atomic E-state index is 13.4.